The molecule has 0 spiro atoms. The van der Waals surface area contributed by atoms with Crippen LogP contribution < -0.4 is 10.4 Å². The van der Waals surface area contributed by atoms with E-state index in [0.717, 1.165) is 0 Å². The molecule has 4 rings (SSSR count). The van der Waals surface area contributed by atoms with Crippen molar-refractivity contribution in [3.05, 3.63) is 96.3 Å². The summed E-state index contributed by atoms with van der Waals surface area (Å²) in [6.45, 7) is 7.79. The summed E-state index contributed by atoms with van der Waals surface area (Å²) < 4.78 is 27.9. The van der Waals surface area contributed by atoms with Gasteiger partial charge in [-0.1, -0.05) is 99.6 Å². The molecule has 0 aliphatic carbocycles. The zero-order chi connectivity index (χ0) is 24.2. The maximum atomic E-state index is 14.9. The van der Waals surface area contributed by atoms with Crippen LogP contribution in [0.5, 0.6) is 0 Å². The van der Waals surface area contributed by atoms with Gasteiger partial charge in [-0.15, -0.1) is 0 Å². The average Bonchev–Trinajstić information content (AvgIpc) is 2.85. The molecular weight excluding hydrogens is 441 g/mol. The van der Waals surface area contributed by atoms with Gasteiger partial charge in [0.05, 0.1) is 18.1 Å². The standard InChI is InChI=1S/C29H32FNO2Si/c1-28(2,3)34(24-12-6-4-7-13-24,25-14-8-5-9-15-25)33-21-23-20-32-19-18-29(23,22-31)26-16-10-11-17-27(26)30/h4-17,23H,18-21H2,1-3H3. The van der Waals surface area contributed by atoms with Gasteiger partial charge in [-0.3, -0.25) is 0 Å². The molecule has 0 N–H and O–H groups in total. The number of hydrogen-bond donors (Lipinski definition) is 0. The molecule has 1 fully saturated rings. The Morgan fingerprint density at radius 2 is 1.53 bits per heavy atom. The molecular formula is C29H32FNO2Si. The van der Waals surface area contributed by atoms with Gasteiger partial charge in [0.15, 0.2) is 0 Å². The van der Waals surface area contributed by atoms with Crippen molar-refractivity contribution in [1.82, 2.24) is 0 Å². The molecule has 5 heteroatoms. The molecule has 1 saturated heterocycles. The number of ether oxygens (including phenoxy) is 1. The lowest BCUT2D eigenvalue weighted by atomic mass is 9.68. The summed E-state index contributed by atoms with van der Waals surface area (Å²) >= 11 is 0. The topological polar surface area (TPSA) is 42.2 Å². The lowest BCUT2D eigenvalue weighted by Gasteiger charge is -2.46. The molecule has 1 aliphatic heterocycles. The van der Waals surface area contributed by atoms with Gasteiger partial charge in [-0.05, 0) is 27.9 Å². The van der Waals surface area contributed by atoms with E-state index in [0.29, 0.717) is 31.8 Å². The fourth-order valence-corrected chi connectivity index (χ4v) is 9.97. The quantitative estimate of drug-likeness (QED) is 0.462. The van der Waals surface area contributed by atoms with Gasteiger partial charge in [0.2, 0.25) is 0 Å². The van der Waals surface area contributed by atoms with Crippen LogP contribution in [0.3, 0.4) is 0 Å². The summed E-state index contributed by atoms with van der Waals surface area (Å²) in [7, 11) is -2.78. The van der Waals surface area contributed by atoms with E-state index in [4.69, 9.17) is 9.16 Å². The number of halogens is 1. The predicted octanol–water partition coefficient (Wildman–Crippen LogP) is 5.20. The van der Waals surface area contributed by atoms with Crippen LogP contribution in [0, 0.1) is 23.1 Å². The Balaban J connectivity index is 1.80. The third-order valence-corrected chi connectivity index (χ3v) is 12.1. The Morgan fingerprint density at radius 1 is 0.971 bits per heavy atom. The molecule has 1 heterocycles. The minimum absolute atomic E-state index is 0.182. The molecule has 1 aliphatic rings. The molecule has 0 radical (unpaired) electrons. The van der Waals surface area contributed by atoms with E-state index in [1.54, 1.807) is 18.2 Å². The van der Waals surface area contributed by atoms with Crippen LogP contribution in [-0.2, 0) is 14.6 Å². The van der Waals surface area contributed by atoms with Crippen LogP contribution in [0.2, 0.25) is 5.04 Å². The molecule has 2 unspecified atom stereocenters. The highest BCUT2D eigenvalue weighted by Crippen LogP contribution is 2.42. The van der Waals surface area contributed by atoms with Crippen molar-refractivity contribution in [1.29, 1.82) is 5.26 Å². The highest BCUT2D eigenvalue weighted by Gasteiger charge is 2.52. The smallest absolute Gasteiger partial charge is 0.261 e. The molecule has 3 aromatic rings. The van der Waals surface area contributed by atoms with Crippen molar-refractivity contribution in [2.45, 2.75) is 37.6 Å². The van der Waals surface area contributed by atoms with Crippen molar-refractivity contribution >= 4 is 18.7 Å². The van der Waals surface area contributed by atoms with Gasteiger partial charge in [0.25, 0.3) is 8.32 Å². The first-order chi connectivity index (χ1) is 16.3. The van der Waals surface area contributed by atoms with Crippen LogP contribution in [-0.4, -0.2) is 28.1 Å². The number of rotatable bonds is 6. The van der Waals surface area contributed by atoms with Crippen molar-refractivity contribution in [3.8, 4) is 6.07 Å². The summed E-state index contributed by atoms with van der Waals surface area (Å²) in [6, 6.07) is 30.0. The Kier molecular flexibility index (Phi) is 7.04. The highest BCUT2D eigenvalue weighted by atomic mass is 28.4. The summed E-state index contributed by atoms with van der Waals surface area (Å²) in [5.41, 5.74) is -0.550. The second kappa shape index (κ2) is 9.83. The summed E-state index contributed by atoms with van der Waals surface area (Å²) in [5, 5.41) is 12.6. The average molecular weight is 474 g/mol. The fourth-order valence-electron chi connectivity index (χ4n) is 5.37. The fraction of sp³-hybridized carbons (Fsp3) is 0.345. The van der Waals surface area contributed by atoms with Gasteiger partial charge in [0.1, 0.15) is 5.82 Å². The minimum atomic E-state index is -2.78. The molecule has 0 saturated carbocycles. The van der Waals surface area contributed by atoms with Crippen LogP contribution in [0.25, 0.3) is 0 Å². The van der Waals surface area contributed by atoms with E-state index in [2.05, 4.69) is 75.4 Å². The van der Waals surface area contributed by atoms with Crippen LogP contribution >= 0.6 is 0 Å². The maximum Gasteiger partial charge on any atom is 0.261 e. The molecule has 176 valence electrons. The number of nitrogens with zero attached hydrogens (tertiary/aromatic N) is 1. The first-order valence-electron chi connectivity index (χ1n) is 11.8. The second-order valence-electron chi connectivity index (χ2n) is 10.1. The van der Waals surface area contributed by atoms with Gasteiger partial charge < -0.3 is 9.16 Å². The third-order valence-electron chi connectivity index (χ3n) is 7.13. The minimum Gasteiger partial charge on any atom is -0.407 e. The van der Waals surface area contributed by atoms with E-state index < -0.39 is 13.7 Å². The zero-order valence-electron chi connectivity index (χ0n) is 20.1. The highest BCUT2D eigenvalue weighted by molar-refractivity contribution is 6.99. The summed E-state index contributed by atoms with van der Waals surface area (Å²) in [5.74, 6) is -0.633. The van der Waals surface area contributed by atoms with Crippen LogP contribution in [0.4, 0.5) is 4.39 Å². The van der Waals surface area contributed by atoms with E-state index in [1.165, 1.54) is 16.4 Å². The van der Waals surface area contributed by atoms with Gasteiger partial charge in [-0.25, -0.2) is 4.39 Å². The first-order valence-corrected chi connectivity index (χ1v) is 13.7. The van der Waals surface area contributed by atoms with Gasteiger partial charge in [0, 0.05) is 24.7 Å². The SMILES string of the molecule is CC(C)(C)[Si](OCC1COCCC1(C#N)c1ccccc1F)(c1ccccc1)c1ccccc1. The van der Waals surface area contributed by atoms with E-state index >= 15 is 0 Å². The normalized spacial score (nSPS) is 21.1. The van der Waals surface area contributed by atoms with E-state index in [1.807, 2.05) is 12.1 Å². The number of benzene rings is 3. The molecule has 2 atom stereocenters. The number of nitriles is 1. The molecule has 34 heavy (non-hydrogen) atoms. The molecule has 3 aromatic carbocycles. The van der Waals surface area contributed by atoms with Crippen molar-refractivity contribution in [3.63, 3.8) is 0 Å². The summed E-state index contributed by atoms with van der Waals surface area (Å²) in [6.07, 6.45) is 0.444. The Hall–Kier alpha value is -2.78. The lowest BCUT2D eigenvalue weighted by molar-refractivity contribution is -0.00380. The monoisotopic (exact) mass is 473 g/mol. The molecule has 0 aromatic heterocycles. The second-order valence-corrected chi connectivity index (χ2v) is 14.4. The zero-order valence-corrected chi connectivity index (χ0v) is 21.1. The van der Waals surface area contributed by atoms with Crippen LogP contribution in [0.15, 0.2) is 84.9 Å². The van der Waals surface area contributed by atoms with Gasteiger partial charge in [-0.2, -0.15) is 5.26 Å². The van der Waals surface area contributed by atoms with Crippen molar-refractivity contribution in [2.24, 2.45) is 5.92 Å². The Morgan fingerprint density at radius 3 is 2.06 bits per heavy atom. The Labute approximate surface area is 203 Å². The van der Waals surface area contributed by atoms with Crippen molar-refractivity contribution < 1.29 is 13.6 Å². The number of hydrogen-bond acceptors (Lipinski definition) is 3. The summed E-state index contributed by atoms with van der Waals surface area (Å²) in [4.78, 5) is 0. The largest absolute Gasteiger partial charge is 0.407 e. The van der Waals surface area contributed by atoms with Gasteiger partial charge >= 0.3 is 0 Å². The predicted molar refractivity (Wildman–Crippen MR) is 136 cm³/mol. The van der Waals surface area contributed by atoms with Crippen LogP contribution in [0.1, 0.15) is 32.8 Å². The molecule has 3 nitrogen and oxygen atoms in total. The van der Waals surface area contributed by atoms with Crippen molar-refractivity contribution in [2.75, 3.05) is 19.8 Å². The maximum absolute atomic E-state index is 14.9. The lowest BCUT2D eigenvalue weighted by Crippen LogP contribution is -2.67. The first kappa shape index (κ1) is 24.3. The molecule has 0 bridgehead atoms. The Bertz CT molecular complexity index is 1100. The third kappa shape index (κ3) is 4.22. The van der Waals surface area contributed by atoms with E-state index in [-0.39, 0.29) is 16.8 Å². The van der Waals surface area contributed by atoms with E-state index in [9.17, 15) is 9.65 Å². The molecule has 0 amide bonds.